The van der Waals surface area contributed by atoms with Crippen LogP contribution in [-0.2, 0) is 4.43 Å². The molecule has 0 bridgehead atoms. The summed E-state index contributed by atoms with van der Waals surface area (Å²) in [6.45, 7) is 11.6. The summed E-state index contributed by atoms with van der Waals surface area (Å²) in [7, 11) is -1.74. The lowest BCUT2D eigenvalue weighted by Gasteiger charge is -2.36. The lowest BCUT2D eigenvalue weighted by atomic mass is 10.0. The summed E-state index contributed by atoms with van der Waals surface area (Å²) in [6, 6.07) is 6.38. The van der Waals surface area contributed by atoms with Gasteiger partial charge in [-0.3, -0.25) is 0 Å². The van der Waals surface area contributed by atoms with Crippen molar-refractivity contribution in [2.75, 3.05) is 6.61 Å². The van der Waals surface area contributed by atoms with Gasteiger partial charge < -0.3 is 10.2 Å². The highest BCUT2D eigenvalue weighted by atomic mass is 28.4. The molecule has 0 aliphatic rings. The van der Waals surface area contributed by atoms with E-state index in [2.05, 4.69) is 33.9 Å². The van der Waals surface area contributed by atoms with Gasteiger partial charge in [-0.05, 0) is 30.6 Å². The molecule has 1 rings (SSSR count). The molecule has 0 aliphatic heterocycles. The lowest BCUT2D eigenvalue weighted by molar-refractivity contribution is 0.271. The molecule has 2 nitrogen and oxygen atoms in total. The molecule has 0 unspecified atom stereocenters. The number of nitrogens with two attached hydrogens (primary N) is 1. The largest absolute Gasteiger partial charge is 0.417 e. The summed E-state index contributed by atoms with van der Waals surface area (Å²) in [4.78, 5) is 0. The van der Waals surface area contributed by atoms with Gasteiger partial charge in [-0.2, -0.15) is 0 Å². The van der Waals surface area contributed by atoms with Crippen LogP contribution in [0.2, 0.25) is 18.1 Å². The van der Waals surface area contributed by atoms with E-state index in [4.69, 9.17) is 10.2 Å². The average molecular weight is 283 g/mol. The Morgan fingerprint density at radius 2 is 1.84 bits per heavy atom. The van der Waals surface area contributed by atoms with Gasteiger partial charge in [0.15, 0.2) is 8.32 Å². The van der Waals surface area contributed by atoms with Crippen molar-refractivity contribution in [3.05, 3.63) is 35.6 Å². The van der Waals surface area contributed by atoms with Crippen molar-refractivity contribution in [1.82, 2.24) is 0 Å². The van der Waals surface area contributed by atoms with Crippen LogP contribution in [-0.4, -0.2) is 14.9 Å². The first kappa shape index (κ1) is 16.3. The predicted molar refractivity (Wildman–Crippen MR) is 81.1 cm³/mol. The molecule has 0 saturated heterocycles. The zero-order valence-electron chi connectivity index (χ0n) is 12.7. The van der Waals surface area contributed by atoms with E-state index in [1.807, 2.05) is 6.07 Å². The third-order valence-electron chi connectivity index (χ3n) is 4.00. The van der Waals surface area contributed by atoms with Crippen LogP contribution in [0.25, 0.3) is 0 Å². The molecule has 0 saturated carbocycles. The Hall–Kier alpha value is -0.713. The van der Waals surface area contributed by atoms with Crippen LogP contribution in [0.1, 0.15) is 38.8 Å². The summed E-state index contributed by atoms with van der Waals surface area (Å²) in [5.41, 5.74) is 6.60. The third-order valence-corrected chi connectivity index (χ3v) is 8.54. The second-order valence-electron chi connectivity index (χ2n) is 6.53. The van der Waals surface area contributed by atoms with E-state index in [-0.39, 0.29) is 16.9 Å². The Labute approximate surface area is 117 Å². The summed E-state index contributed by atoms with van der Waals surface area (Å²) < 4.78 is 19.6. The zero-order chi connectivity index (χ0) is 14.7. The topological polar surface area (TPSA) is 35.2 Å². The van der Waals surface area contributed by atoms with Gasteiger partial charge in [-0.25, -0.2) is 4.39 Å². The molecule has 19 heavy (non-hydrogen) atoms. The molecule has 1 atom stereocenters. The maximum atomic E-state index is 13.6. The maximum Gasteiger partial charge on any atom is 0.191 e. The molecule has 0 spiro atoms. The Bertz CT molecular complexity index is 415. The highest BCUT2D eigenvalue weighted by Gasteiger charge is 2.36. The molecule has 0 heterocycles. The highest BCUT2D eigenvalue weighted by Crippen LogP contribution is 2.36. The molecule has 1 aromatic carbocycles. The molecule has 1 aromatic rings. The van der Waals surface area contributed by atoms with E-state index in [1.165, 1.54) is 6.07 Å². The molecule has 0 fully saturated rings. The van der Waals surface area contributed by atoms with Crippen molar-refractivity contribution in [3.8, 4) is 0 Å². The van der Waals surface area contributed by atoms with Crippen molar-refractivity contribution in [2.24, 2.45) is 5.73 Å². The van der Waals surface area contributed by atoms with E-state index in [1.54, 1.807) is 12.1 Å². The quantitative estimate of drug-likeness (QED) is 0.820. The standard InChI is InChI=1S/C15H26FNOSi/c1-15(2,3)19(4,5)18-11-10-14(17)12-8-6-7-9-13(12)16/h6-9,14H,10-11,17H2,1-5H3/t14-/m0/s1. The van der Waals surface area contributed by atoms with Crippen molar-refractivity contribution < 1.29 is 8.82 Å². The Balaban J connectivity index is 2.53. The van der Waals surface area contributed by atoms with Gasteiger partial charge in [-0.1, -0.05) is 39.0 Å². The minimum absolute atomic E-state index is 0.190. The minimum Gasteiger partial charge on any atom is -0.417 e. The highest BCUT2D eigenvalue weighted by molar-refractivity contribution is 6.74. The fourth-order valence-electron chi connectivity index (χ4n) is 1.59. The van der Waals surface area contributed by atoms with Gasteiger partial charge in [0.25, 0.3) is 0 Å². The predicted octanol–water partition coefficient (Wildman–Crippen LogP) is 4.24. The van der Waals surface area contributed by atoms with Gasteiger partial charge in [-0.15, -0.1) is 0 Å². The molecular weight excluding hydrogens is 257 g/mol. The van der Waals surface area contributed by atoms with E-state index in [0.29, 0.717) is 18.6 Å². The molecule has 0 aromatic heterocycles. The van der Waals surface area contributed by atoms with E-state index >= 15 is 0 Å². The lowest BCUT2D eigenvalue weighted by Crippen LogP contribution is -2.41. The van der Waals surface area contributed by atoms with Gasteiger partial charge in [0.2, 0.25) is 0 Å². The normalized spacial score (nSPS) is 14.5. The van der Waals surface area contributed by atoms with Gasteiger partial charge in [0.05, 0.1) is 0 Å². The summed E-state index contributed by atoms with van der Waals surface area (Å²) in [5.74, 6) is -0.234. The molecular formula is C15H26FNOSi. The van der Waals surface area contributed by atoms with Gasteiger partial charge in [0, 0.05) is 18.2 Å². The monoisotopic (exact) mass is 283 g/mol. The number of rotatable bonds is 5. The van der Waals surface area contributed by atoms with Crippen LogP contribution in [0, 0.1) is 5.82 Å². The fraction of sp³-hybridized carbons (Fsp3) is 0.600. The molecule has 4 heteroatoms. The first-order valence-electron chi connectivity index (χ1n) is 6.79. The zero-order valence-corrected chi connectivity index (χ0v) is 13.7. The summed E-state index contributed by atoms with van der Waals surface area (Å²) >= 11 is 0. The minimum atomic E-state index is -1.74. The Morgan fingerprint density at radius 3 is 2.37 bits per heavy atom. The van der Waals surface area contributed by atoms with Gasteiger partial charge in [0.1, 0.15) is 5.82 Å². The fourth-order valence-corrected chi connectivity index (χ4v) is 2.65. The molecule has 108 valence electrons. The van der Waals surface area contributed by atoms with Crippen molar-refractivity contribution >= 4 is 8.32 Å². The van der Waals surface area contributed by atoms with Crippen molar-refractivity contribution in [2.45, 2.75) is 51.4 Å². The van der Waals surface area contributed by atoms with Crippen LogP contribution in [0.5, 0.6) is 0 Å². The number of hydrogen-bond acceptors (Lipinski definition) is 2. The van der Waals surface area contributed by atoms with Gasteiger partial charge >= 0.3 is 0 Å². The van der Waals surface area contributed by atoms with Crippen LogP contribution >= 0.6 is 0 Å². The molecule has 0 amide bonds. The maximum absolute atomic E-state index is 13.6. The molecule has 2 N–H and O–H groups in total. The van der Waals surface area contributed by atoms with Crippen LogP contribution in [0.15, 0.2) is 24.3 Å². The van der Waals surface area contributed by atoms with E-state index < -0.39 is 8.32 Å². The smallest absolute Gasteiger partial charge is 0.191 e. The first-order chi connectivity index (χ1) is 8.65. The van der Waals surface area contributed by atoms with Crippen molar-refractivity contribution in [3.63, 3.8) is 0 Å². The van der Waals surface area contributed by atoms with E-state index in [9.17, 15) is 4.39 Å². The van der Waals surface area contributed by atoms with Crippen LogP contribution in [0.3, 0.4) is 0 Å². The average Bonchev–Trinajstić information content (AvgIpc) is 2.27. The Kier molecular flexibility index (Phi) is 5.30. The first-order valence-corrected chi connectivity index (χ1v) is 9.70. The third kappa shape index (κ3) is 4.40. The molecule has 0 radical (unpaired) electrons. The molecule has 0 aliphatic carbocycles. The number of benzene rings is 1. The summed E-state index contributed by atoms with van der Waals surface area (Å²) in [6.07, 6.45) is 0.646. The second-order valence-corrected chi connectivity index (χ2v) is 11.3. The van der Waals surface area contributed by atoms with Crippen molar-refractivity contribution in [1.29, 1.82) is 0 Å². The van der Waals surface area contributed by atoms with Crippen LogP contribution < -0.4 is 5.73 Å². The second kappa shape index (κ2) is 6.16. The van der Waals surface area contributed by atoms with E-state index in [0.717, 1.165) is 0 Å². The van der Waals surface area contributed by atoms with Crippen LogP contribution in [0.4, 0.5) is 4.39 Å². The SMILES string of the molecule is CC(C)(C)[Si](C)(C)OCC[C@H](N)c1ccccc1F. The number of halogens is 1. The number of hydrogen-bond donors (Lipinski definition) is 1. The summed E-state index contributed by atoms with van der Waals surface area (Å²) in [5, 5.41) is 0.190. The Morgan fingerprint density at radius 1 is 1.26 bits per heavy atom.